The van der Waals surface area contributed by atoms with Crippen molar-refractivity contribution >= 4 is 5.97 Å². The largest absolute Gasteiger partial charge is 0.486 e. The number of carboxylic acid groups (broad SMARTS) is 1. The van der Waals surface area contributed by atoms with Gasteiger partial charge in [0.05, 0.1) is 6.42 Å². The molecule has 1 aromatic rings. The zero-order valence-electron chi connectivity index (χ0n) is 9.39. The first-order valence-corrected chi connectivity index (χ1v) is 5.56. The third kappa shape index (κ3) is 3.35. The number of hydrogen-bond donors (Lipinski definition) is 2. The molecule has 0 saturated carbocycles. The molecule has 1 aliphatic heterocycles. The van der Waals surface area contributed by atoms with Crippen molar-refractivity contribution in [1.29, 1.82) is 0 Å². The van der Waals surface area contributed by atoms with Gasteiger partial charge in [0.25, 0.3) is 0 Å². The van der Waals surface area contributed by atoms with Crippen LogP contribution in [0.2, 0.25) is 0 Å². The lowest BCUT2D eigenvalue weighted by Crippen LogP contribution is -2.39. The molecule has 2 rings (SSSR count). The van der Waals surface area contributed by atoms with Crippen LogP contribution in [0.1, 0.15) is 6.42 Å². The molecule has 1 aromatic carbocycles. The molecule has 0 radical (unpaired) electrons. The Bertz CT molecular complexity index is 394. The van der Waals surface area contributed by atoms with Crippen molar-refractivity contribution in [2.24, 2.45) is 0 Å². The Labute approximate surface area is 99.3 Å². The number of hydrogen-bond acceptors (Lipinski definition) is 4. The van der Waals surface area contributed by atoms with Crippen LogP contribution in [0.3, 0.4) is 0 Å². The van der Waals surface area contributed by atoms with E-state index in [1.165, 1.54) is 0 Å². The number of fused-ring (bicyclic) bond motifs is 1. The smallest absolute Gasteiger partial charge is 0.304 e. The average molecular weight is 237 g/mol. The minimum Gasteiger partial charge on any atom is -0.486 e. The van der Waals surface area contributed by atoms with Gasteiger partial charge in [-0.25, -0.2) is 0 Å². The van der Waals surface area contributed by atoms with Crippen LogP contribution in [0.4, 0.5) is 0 Å². The second-order valence-corrected chi connectivity index (χ2v) is 3.85. The van der Waals surface area contributed by atoms with Crippen molar-refractivity contribution in [1.82, 2.24) is 5.32 Å². The highest BCUT2D eigenvalue weighted by Crippen LogP contribution is 2.30. The second kappa shape index (κ2) is 5.54. The number of ether oxygens (including phenoxy) is 2. The summed E-state index contributed by atoms with van der Waals surface area (Å²) in [5, 5.41) is 11.5. The van der Waals surface area contributed by atoms with Gasteiger partial charge in [0.15, 0.2) is 11.5 Å². The molecule has 0 aliphatic carbocycles. The number of rotatable bonds is 5. The maximum Gasteiger partial charge on any atom is 0.304 e. The van der Waals surface area contributed by atoms with Crippen LogP contribution in [0, 0.1) is 0 Å². The lowest BCUT2D eigenvalue weighted by Gasteiger charge is -2.26. The molecule has 5 heteroatoms. The van der Waals surface area contributed by atoms with Crippen molar-refractivity contribution < 1.29 is 19.4 Å². The predicted molar refractivity (Wildman–Crippen MR) is 61.5 cm³/mol. The minimum absolute atomic E-state index is 0.0707. The molecular weight excluding hydrogens is 222 g/mol. The fourth-order valence-electron chi connectivity index (χ4n) is 1.62. The summed E-state index contributed by atoms with van der Waals surface area (Å²) in [6.07, 6.45) is 0.0446. The number of carbonyl (C=O) groups is 1. The van der Waals surface area contributed by atoms with Gasteiger partial charge in [0.1, 0.15) is 12.7 Å². The highest BCUT2D eigenvalue weighted by Gasteiger charge is 2.19. The predicted octanol–water partition coefficient (Wildman–Crippen LogP) is 0.891. The second-order valence-electron chi connectivity index (χ2n) is 3.85. The first-order chi connectivity index (χ1) is 8.25. The molecule has 0 saturated heterocycles. The molecule has 1 atom stereocenters. The molecule has 0 aromatic heterocycles. The van der Waals surface area contributed by atoms with Crippen molar-refractivity contribution in [2.45, 2.75) is 12.5 Å². The van der Waals surface area contributed by atoms with E-state index in [0.717, 1.165) is 11.5 Å². The molecule has 2 N–H and O–H groups in total. The summed E-state index contributed by atoms with van der Waals surface area (Å²) in [5.74, 6) is 0.696. The summed E-state index contributed by atoms with van der Waals surface area (Å²) >= 11 is 0. The number of benzene rings is 1. The van der Waals surface area contributed by atoms with Gasteiger partial charge in [0, 0.05) is 13.1 Å². The van der Waals surface area contributed by atoms with Gasteiger partial charge in [-0.3, -0.25) is 4.79 Å². The normalized spacial score (nSPS) is 17.8. The lowest BCUT2D eigenvalue weighted by molar-refractivity contribution is -0.136. The third-order valence-electron chi connectivity index (χ3n) is 2.46. The van der Waals surface area contributed by atoms with E-state index in [4.69, 9.17) is 14.6 Å². The van der Waals surface area contributed by atoms with E-state index in [9.17, 15) is 4.79 Å². The molecule has 0 bridgehead atoms. The molecule has 92 valence electrons. The quantitative estimate of drug-likeness (QED) is 0.744. The summed E-state index contributed by atoms with van der Waals surface area (Å²) in [7, 11) is 0. The van der Waals surface area contributed by atoms with Crippen LogP contribution >= 0.6 is 0 Å². The van der Waals surface area contributed by atoms with Gasteiger partial charge < -0.3 is 19.9 Å². The van der Waals surface area contributed by atoms with Gasteiger partial charge in [-0.1, -0.05) is 12.1 Å². The third-order valence-corrected chi connectivity index (χ3v) is 2.46. The highest BCUT2D eigenvalue weighted by atomic mass is 16.6. The van der Waals surface area contributed by atoms with Crippen LogP contribution in [-0.2, 0) is 4.79 Å². The molecule has 1 unspecified atom stereocenters. The standard InChI is InChI=1S/C12H15NO4/c14-12(15)5-6-13-7-9-8-16-10-3-1-2-4-11(10)17-9/h1-4,9,13H,5-8H2,(H,14,15). The SMILES string of the molecule is O=C(O)CCNCC1COc2ccccc2O1. The van der Waals surface area contributed by atoms with E-state index >= 15 is 0 Å². The van der Waals surface area contributed by atoms with Crippen molar-refractivity contribution in [3.63, 3.8) is 0 Å². The minimum atomic E-state index is -0.802. The zero-order valence-corrected chi connectivity index (χ0v) is 9.39. The molecule has 1 heterocycles. The summed E-state index contributed by atoms with van der Waals surface area (Å²) in [6.45, 7) is 1.51. The summed E-state index contributed by atoms with van der Waals surface area (Å²) in [6, 6.07) is 7.51. The molecule has 0 spiro atoms. The first-order valence-electron chi connectivity index (χ1n) is 5.56. The topological polar surface area (TPSA) is 67.8 Å². The van der Waals surface area contributed by atoms with E-state index in [-0.39, 0.29) is 12.5 Å². The van der Waals surface area contributed by atoms with Crippen molar-refractivity contribution in [2.75, 3.05) is 19.7 Å². The Morgan fingerprint density at radius 2 is 2.18 bits per heavy atom. The molecule has 1 aliphatic rings. The molecule has 5 nitrogen and oxygen atoms in total. The van der Waals surface area contributed by atoms with Crippen molar-refractivity contribution in [3.05, 3.63) is 24.3 Å². The Morgan fingerprint density at radius 1 is 1.41 bits per heavy atom. The zero-order chi connectivity index (χ0) is 12.1. The van der Waals surface area contributed by atoms with Gasteiger partial charge in [-0.05, 0) is 12.1 Å². The van der Waals surface area contributed by atoms with E-state index in [0.29, 0.717) is 19.7 Å². The fourth-order valence-corrected chi connectivity index (χ4v) is 1.62. The first kappa shape index (κ1) is 11.7. The average Bonchev–Trinajstić information content (AvgIpc) is 2.34. The lowest BCUT2D eigenvalue weighted by atomic mass is 10.2. The fraction of sp³-hybridized carbons (Fsp3) is 0.417. The maximum absolute atomic E-state index is 10.3. The van der Waals surface area contributed by atoms with Crippen LogP contribution in [0.15, 0.2) is 24.3 Å². The van der Waals surface area contributed by atoms with Crippen LogP contribution < -0.4 is 14.8 Å². The van der Waals surface area contributed by atoms with E-state index in [1.807, 2.05) is 24.3 Å². The Kier molecular flexibility index (Phi) is 3.82. The number of aliphatic carboxylic acids is 1. The summed E-state index contributed by atoms with van der Waals surface area (Å²) in [5.41, 5.74) is 0. The Hall–Kier alpha value is -1.75. The van der Waals surface area contributed by atoms with Gasteiger partial charge in [0.2, 0.25) is 0 Å². The summed E-state index contributed by atoms with van der Waals surface area (Å²) in [4.78, 5) is 10.3. The van der Waals surface area contributed by atoms with Gasteiger partial charge in [-0.2, -0.15) is 0 Å². The van der Waals surface area contributed by atoms with Crippen LogP contribution in [-0.4, -0.2) is 36.9 Å². The maximum atomic E-state index is 10.3. The van der Waals surface area contributed by atoms with Crippen LogP contribution in [0.25, 0.3) is 0 Å². The van der Waals surface area contributed by atoms with Crippen LogP contribution in [0.5, 0.6) is 11.5 Å². The number of nitrogens with one attached hydrogen (secondary N) is 1. The van der Waals surface area contributed by atoms with Gasteiger partial charge >= 0.3 is 5.97 Å². The van der Waals surface area contributed by atoms with E-state index < -0.39 is 5.97 Å². The van der Waals surface area contributed by atoms with E-state index in [2.05, 4.69) is 5.32 Å². The molecule has 0 fully saturated rings. The van der Waals surface area contributed by atoms with Crippen molar-refractivity contribution in [3.8, 4) is 11.5 Å². The van der Waals surface area contributed by atoms with E-state index in [1.54, 1.807) is 0 Å². The highest BCUT2D eigenvalue weighted by molar-refractivity contribution is 5.66. The molecule has 0 amide bonds. The Balaban J connectivity index is 1.76. The van der Waals surface area contributed by atoms with Gasteiger partial charge in [-0.15, -0.1) is 0 Å². The molecular formula is C12H15NO4. The Morgan fingerprint density at radius 3 is 2.94 bits per heavy atom. The number of carboxylic acids is 1. The number of para-hydroxylation sites is 2. The summed E-state index contributed by atoms with van der Waals surface area (Å²) < 4.78 is 11.2. The molecule has 17 heavy (non-hydrogen) atoms. The monoisotopic (exact) mass is 237 g/mol.